The second-order valence-corrected chi connectivity index (χ2v) is 3.60. The summed E-state index contributed by atoms with van der Waals surface area (Å²) in [6.07, 6.45) is 3.53. The van der Waals surface area contributed by atoms with Crippen LogP contribution in [0.5, 0.6) is 0 Å². The lowest BCUT2D eigenvalue weighted by atomic mass is 9.88. The van der Waals surface area contributed by atoms with Crippen molar-refractivity contribution in [2.24, 2.45) is 16.8 Å². The van der Waals surface area contributed by atoms with Crippen molar-refractivity contribution in [3.8, 4) is 0 Å². The minimum absolute atomic E-state index is 0.762. The summed E-state index contributed by atoms with van der Waals surface area (Å²) >= 11 is 0. The number of hydrogen-bond acceptors (Lipinski definition) is 2. The smallest absolute Gasteiger partial charge is 0.0426 e. The Morgan fingerprint density at radius 1 is 1.50 bits per heavy atom. The Morgan fingerprint density at radius 3 is 3.20 bits per heavy atom. The summed E-state index contributed by atoms with van der Waals surface area (Å²) in [5.41, 5.74) is 0. The van der Waals surface area contributed by atoms with Crippen LogP contribution in [0.25, 0.3) is 0 Å². The lowest BCUT2D eigenvalue weighted by molar-refractivity contribution is 0.181. The van der Waals surface area contributed by atoms with Crippen LogP contribution in [0.3, 0.4) is 0 Å². The summed E-state index contributed by atoms with van der Waals surface area (Å²) in [6.45, 7) is 3.55. The van der Waals surface area contributed by atoms with E-state index >= 15 is 0 Å². The fourth-order valence-corrected chi connectivity index (χ4v) is 2.09. The maximum absolute atomic E-state index is 4.34. The summed E-state index contributed by atoms with van der Waals surface area (Å²) in [5, 5.41) is 0. The van der Waals surface area contributed by atoms with Crippen LogP contribution in [0.4, 0.5) is 0 Å². The zero-order valence-corrected chi connectivity index (χ0v) is 6.45. The Balaban J connectivity index is 2.09. The zero-order valence-electron chi connectivity index (χ0n) is 6.45. The number of piperidine rings is 1. The van der Waals surface area contributed by atoms with E-state index in [0.717, 1.165) is 18.4 Å². The Kier molecular flexibility index (Phi) is 1.49. The monoisotopic (exact) mass is 138 g/mol. The molecule has 0 aliphatic carbocycles. The molecule has 2 bridgehead atoms. The molecule has 2 nitrogen and oxygen atoms in total. The molecule has 56 valence electrons. The summed E-state index contributed by atoms with van der Waals surface area (Å²) in [7, 11) is 2.21. The van der Waals surface area contributed by atoms with Crippen molar-refractivity contribution in [1.82, 2.24) is 4.90 Å². The van der Waals surface area contributed by atoms with Crippen LogP contribution in [-0.4, -0.2) is 37.8 Å². The van der Waals surface area contributed by atoms with Crippen molar-refractivity contribution in [2.45, 2.75) is 6.42 Å². The first-order valence-electron chi connectivity index (χ1n) is 4.03. The number of hydrogen-bond donors (Lipinski definition) is 0. The van der Waals surface area contributed by atoms with Crippen molar-refractivity contribution in [3.63, 3.8) is 0 Å². The quantitative estimate of drug-likeness (QED) is 0.479. The van der Waals surface area contributed by atoms with E-state index in [2.05, 4.69) is 23.2 Å². The van der Waals surface area contributed by atoms with Crippen molar-refractivity contribution < 1.29 is 0 Å². The molecule has 10 heavy (non-hydrogen) atoms. The molecule has 0 aromatic rings. The molecule has 0 aromatic heterocycles. The first-order chi connectivity index (χ1) is 4.84. The number of aliphatic imine (C=N–C) groups is 1. The molecule has 0 N–H and O–H groups in total. The van der Waals surface area contributed by atoms with E-state index in [1.807, 2.05) is 0 Å². The van der Waals surface area contributed by atoms with Gasteiger partial charge >= 0.3 is 0 Å². The highest BCUT2D eigenvalue weighted by Crippen LogP contribution is 2.22. The average Bonchev–Trinajstić information content (AvgIpc) is 1.85. The fourth-order valence-electron chi connectivity index (χ4n) is 2.09. The van der Waals surface area contributed by atoms with Gasteiger partial charge in [0, 0.05) is 31.8 Å². The van der Waals surface area contributed by atoms with Gasteiger partial charge in [-0.2, -0.15) is 0 Å². The molecule has 2 heteroatoms. The second kappa shape index (κ2) is 2.35. The molecule has 0 aromatic carbocycles. The molecule has 1 saturated heterocycles. The van der Waals surface area contributed by atoms with Crippen molar-refractivity contribution >= 4 is 6.21 Å². The molecule has 2 unspecified atom stereocenters. The third-order valence-corrected chi connectivity index (χ3v) is 2.43. The predicted octanol–water partition coefficient (Wildman–Crippen LogP) is 0.639. The van der Waals surface area contributed by atoms with Crippen LogP contribution in [0, 0.1) is 11.8 Å². The Morgan fingerprint density at radius 2 is 2.40 bits per heavy atom. The molecule has 1 fully saturated rings. The van der Waals surface area contributed by atoms with Gasteiger partial charge in [0.15, 0.2) is 0 Å². The summed E-state index contributed by atoms with van der Waals surface area (Å²) in [6, 6.07) is 0. The van der Waals surface area contributed by atoms with Gasteiger partial charge in [-0.3, -0.25) is 4.99 Å². The molecule has 0 spiro atoms. The minimum atomic E-state index is 0.762. The SMILES string of the molecule is CN1CC2C=NCC(C2)C1. The Bertz CT molecular complexity index is 153. The maximum atomic E-state index is 4.34. The van der Waals surface area contributed by atoms with Crippen LogP contribution < -0.4 is 0 Å². The zero-order chi connectivity index (χ0) is 6.97. The largest absolute Gasteiger partial charge is 0.305 e. The van der Waals surface area contributed by atoms with Gasteiger partial charge in [-0.25, -0.2) is 0 Å². The van der Waals surface area contributed by atoms with Gasteiger partial charge in [0.1, 0.15) is 0 Å². The molecule has 2 heterocycles. The van der Waals surface area contributed by atoms with Gasteiger partial charge in [0.2, 0.25) is 0 Å². The normalized spacial score (nSPS) is 40.1. The van der Waals surface area contributed by atoms with E-state index in [1.54, 1.807) is 0 Å². The third kappa shape index (κ3) is 1.08. The van der Waals surface area contributed by atoms with Crippen molar-refractivity contribution in [2.75, 3.05) is 26.7 Å². The molecular formula is C8H14N2. The van der Waals surface area contributed by atoms with Crippen LogP contribution >= 0.6 is 0 Å². The molecule has 2 atom stereocenters. The molecule has 0 saturated carbocycles. The van der Waals surface area contributed by atoms with E-state index in [0.29, 0.717) is 0 Å². The number of likely N-dealkylation sites (tertiary alicyclic amines) is 1. The van der Waals surface area contributed by atoms with E-state index < -0.39 is 0 Å². The highest BCUT2D eigenvalue weighted by atomic mass is 15.1. The fraction of sp³-hybridized carbons (Fsp3) is 0.875. The van der Waals surface area contributed by atoms with Crippen LogP contribution in [0.15, 0.2) is 4.99 Å². The Hall–Kier alpha value is -0.370. The maximum Gasteiger partial charge on any atom is 0.0426 e. The molecular weight excluding hydrogens is 124 g/mol. The van der Waals surface area contributed by atoms with Gasteiger partial charge in [-0.15, -0.1) is 0 Å². The van der Waals surface area contributed by atoms with Gasteiger partial charge < -0.3 is 4.90 Å². The lowest BCUT2D eigenvalue weighted by Gasteiger charge is -2.35. The van der Waals surface area contributed by atoms with Crippen molar-refractivity contribution in [1.29, 1.82) is 0 Å². The molecule has 2 aliphatic heterocycles. The third-order valence-electron chi connectivity index (χ3n) is 2.43. The van der Waals surface area contributed by atoms with E-state index in [4.69, 9.17) is 0 Å². The second-order valence-electron chi connectivity index (χ2n) is 3.60. The number of fused-ring (bicyclic) bond motifs is 2. The Labute approximate surface area is 61.9 Å². The van der Waals surface area contributed by atoms with Gasteiger partial charge in [0.25, 0.3) is 0 Å². The average molecular weight is 138 g/mol. The molecule has 0 radical (unpaired) electrons. The van der Waals surface area contributed by atoms with E-state index in [1.165, 1.54) is 19.5 Å². The first kappa shape index (κ1) is 6.35. The van der Waals surface area contributed by atoms with Crippen LogP contribution in [0.1, 0.15) is 6.42 Å². The summed E-state index contributed by atoms with van der Waals surface area (Å²) in [5.74, 6) is 1.62. The topological polar surface area (TPSA) is 15.6 Å². The lowest BCUT2D eigenvalue weighted by Crippen LogP contribution is -2.41. The highest BCUT2D eigenvalue weighted by molar-refractivity contribution is 5.62. The molecule has 2 rings (SSSR count). The summed E-state index contributed by atoms with van der Waals surface area (Å²) in [4.78, 5) is 6.77. The minimum Gasteiger partial charge on any atom is -0.305 e. The molecule has 2 aliphatic rings. The standard InChI is InChI=1S/C8H14N2/c1-10-5-7-2-8(6-10)4-9-3-7/h3,7-8H,2,4-6H2,1H3. The molecule has 0 amide bonds. The number of nitrogens with zero attached hydrogens (tertiary/aromatic N) is 2. The first-order valence-corrected chi connectivity index (χ1v) is 4.03. The number of rotatable bonds is 0. The van der Waals surface area contributed by atoms with Crippen molar-refractivity contribution in [3.05, 3.63) is 0 Å². The van der Waals surface area contributed by atoms with Crippen LogP contribution in [0.2, 0.25) is 0 Å². The van der Waals surface area contributed by atoms with Gasteiger partial charge in [0.05, 0.1) is 0 Å². The van der Waals surface area contributed by atoms with E-state index in [9.17, 15) is 0 Å². The summed E-state index contributed by atoms with van der Waals surface area (Å²) < 4.78 is 0. The highest BCUT2D eigenvalue weighted by Gasteiger charge is 2.26. The van der Waals surface area contributed by atoms with Crippen LogP contribution in [-0.2, 0) is 0 Å². The van der Waals surface area contributed by atoms with Gasteiger partial charge in [-0.05, 0) is 19.4 Å². The van der Waals surface area contributed by atoms with Gasteiger partial charge in [-0.1, -0.05) is 0 Å². The predicted molar refractivity (Wildman–Crippen MR) is 42.5 cm³/mol. The van der Waals surface area contributed by atoms with E-state index in [-0.39, 0.29) is 0 Å².